The quantitative estimate of drug-likeness (QED) is 0.0420. The largest absolute Gasteiger partial charge is 1.00 e. The molecule has 0 saturated carbocycles. The molecule has 1 aliphatic rings. The predicted octanol–water partition coefficient (Wildman–Crippen LogP) is -14.4. The van der Waals surface area contributed by atoms with Gasteiger partial charge in [0.25, 0.3) is 0 Å². The number of cyclic esters (lactones) is 1. The van der Waals surface area contributed by atoms with Gasteiger partial charge in [0, 0.05) is 30.7 Å². The molecule has 19 heteroatoms. The zero-order chi connectivity index (χ0) is 33.4. The van der Waals surface area contributed by atoms with Gasteiger partial charge in [-0.1, -0.05) is 84.0 Å². The number of rotatable bonds is 21. The summed E-state index contributed by atoms with van der Waals surface area (Å²) < 4.78 is 4.32. The molecular formula is C28H44Na4O15. The molecule has 0 bridgehead atoms. The van der Waals surface area contributed by atoms with E-state index in [-0.39, 0.29) is 125 Å². The van der Waals surface area contributed by atoms with E-state index in [9.17, 15) is 44.4 Å². The van der Waals surface area contributed by atoms with Gasteiger partial charge in [-0.3, -0.25) is 0 Å². The number of carbonyl (C=O) groups is 5. The molecule has 0 radical (unpaired) electrons. The molecule has 0 fully saturated rings. The van der Waals surface area contributed by atoms with Crippen molar-refractivity contribution < 1.29 is 193 Å². The van der Waals surface area contributed by atoms with Crippen LogP contribution in [0.1, 0.15) is 110 Å². The summed E-state index contributed by atoms with van der Waals surface area (Å²) in [6.07, 6.45) is 11.4. The molecule has 0 spiro atoms. The Morgan fingerprint density at radius 3 is 1.34 bits per heavy atom. The maximum absolute atomic E-state index is 10.5. The molecule has 1 rings (SSSR count). The second-order valence-corrected chi connectivity index (χ2v) is 10.1. The molecule has 0 unspecified atom stereocenters. The van der Waals surface area contributed by atoms with Gasteiger partial charge in [0.05, 0.1) is 12.6 Å². The number of unbranched alkanes of at least 4 members (excludes halogenated alkanes) is 12. The number of hydrogen-bond acceptors (Lipinski definition) is 15. The first-order valence-electron chi connectivity index (χ1n) is 14.3. The Labute approximate surface area is 364 Å². The fraction of sp³-hybridized carbons (Fsp3) is 0.750. The first-order chi connectivity index (χ1) is 20.1. The molecule has 15 nitrogen and oxygen atoms in total. The second-order valence-electron chi connectivity index (χ2n) is 10.1. The van der Waals surface area contributed by atoms with Crippen molar-refractivity contribution in [3.8, 4) is 0 Å². The molecule has 47 heavy (non-hydrogen) atoms. The average molecular weight is 713 g/mol. The van der Waals surface area contributed by atoms with Crippen molar-refractivity contribution in [2.75, 3.05) is 6.61 Å². The van der Waals surface area contributed by atoms with E-state index in [4.69, 9.17) is 25.5 Å². The third-order valence-corrected chi connectivity index (χ3v) is 6.21. The van der Waals surface area contributed by atoms with E-state index in [0.717, 1.165) is 12.8 Å². The number of ether oxygens (including phenoxy) is 1. The maximum atomic E-state index is 10.5. The van der Waals surface area contributed by atoms with Crippen LogP contribution in [0.3, 0.4) is 0 Å². The topological polar surface area (TPSA) is 288 Å². The molecule has 0 aliphatic carbocycles. The number of esters is 1. The Kier molecular flexibility index (Phi) is 46.2. The van der Waals surface area contributed by atoms with Crippen LogP contribution in [-0.4, -0.2) is 79.8 Å². The Balaban J connectivity index is -0.000000131. The van der Waals surface area contributed by atoms with E-state index in [1.54, 1.807) is 0 Å². The summed E-state index contributed by atoms with van der Waals surface area (Å²) in [5.41, 5.74) is -2.97. The minimum atomic E-state index is -2.97. The van der Waals surface area contributed by atoms with Crippen LogP contribution in [0.2, 0.25) is 0 Å². The summed E-state index contributed by atoms with van der Waals surface area (Å²) in [6, 6.07) is 0. The minimum absolute atomic E-state index is 0. The minimum Gasteiger partial charge on any atom is -0.550 e. The van der Waals surface area contributed by atoms with E-state index in [1.807, 2.05) is 0 Å². The number of aliphatic hydroxyl groups is 5. The zero-order valence-corrected chi connectivity index (χ0v) is 36.5. The van der Waals surface area contributed by atoms with Gasteiger partial charge < -0.3 is 69.9 Å². The van der Waals surface area contributed by atoms with E-state index in [0.29, 0.717) is 0 Å². The molecule has 0 aromatic carbocycles. The molecule has 1 aliphatic heterocycles. The van der Waals surface area contributed by atoms with Crippen molar-refractivity contribution in [3.05, 3.63) is 11.5 Å². The van der Waals surface area contributed by atoms with Crippen LogP contribution in [0.5, 0.6) is 0 Å². The number of aliphatic hydroxyl groups excluding tert-OH is 4. The molecule has 0 amide bonds. The summed E-state index contributed by atoms with van der Waals surface area (Å²) in [5, 5.41) is 84.2. The Morgan fingerprint density at radius 2 is 1.09 bits per heavy atom. The van der Waals surface area contributed by atoms with Gasteiger partial charge in [0.15, 0.2) is 11.9 Å². The third kappa shape index (κ3) is 32.2. The number of carbonyl (C=O) groups excluding carboxylic acids is 5. The third-order valence-electron chi connectivity index (χ3n) is 6.21. The molecule has 0 aromatic rings. The SMILES string of the molecule is CCCCCCCCCCCCCCCC(=O)[O-].O=C([O-])CC(O)(CC(=O)[O-])C(=O)[O-].O=C1O[C@H]([C@@H](O)CO)C(O)=C1O.[Na+].[Na+].[Na+].[Na+]. The Bertz CT molecular complexity index is 887. The van der Waals surface area contributed by atoms with Crippen LogP contribution in [0.25, 0.3) is 0 Å². The van der Waals surface area contributed by atoms with Gasteiger partial charge in [-0.05, 0) is 12.8 Å². The monoisotopic (exact) mass is 712 g/mol. The van der Waals surface area contributed by atoms with Crippen LogP contribution in [0.4, 0.5) is 0 Å². The summed E-state index contributed by atoms with van der Waals surface area (Å²) >= 11 is 0. The summed E-state index contributed by atoms with van der Waals surface area (Å²) in [7, 11) is 0. The average Bonchev–Trinajstić information content (AvgIpc) is 3.17. The standard InChI is InChI=1S/C16H32O2.C6H8O7.C6H8O6.4Na/c1-2-3-4-5-6-7-8-9-10-11-12-13-14-15-16(17)18;7-3(8)1-6(13,5(11)12)2-4(9)10;7-1-2(8)5-3(9)4(10)6(11)12-5;;;;/h2-15H2,1H3,(H,17,18);13H,1-2H2,(H,7,8)(H,9,10)(H,11,12);2,5,7-10H,1H2;;;;/q;;;4*+1/p-4/t;;2-,5+;;;;/m..0..../s1. The van der Waals surface area contributed by atoms with Crippen molar-refractivity contribution in [1.29, 1.82) is 0 Å². The van der Waals surface area contributed by atoms with Crippen LogP contribution >= 0.6 is 0 Å². The second kappa shape index (κ2) is 36.4. The van der Waals surface area contributed by atoms with Gasteiger partial charge in [-0.2, -0.15) is 0 Å². The van der Waals surface area contributed by atoms with Gasteiger partial charge in [-0.25, -0.2) is 4.79 Å². The van der Waals surface area contributed by atoms with Crippen LogP contribution in [0, 0.1) is 0 Å². The van der Waals surface area contributed by atoms with Crippen molar-refractivity contribution in [3.63, 3.8) is 0 Å². The smallest absolute Gasteiger partial charge is 0.550 e. The molecule has 250 valence electrons. The Morgan fingerprint density at radius 1 is 0.723 bits per heavy atom. The van der Waals surface area contributed by atoms with E-state index < -0.39 is 78.6 Å². The molecule has 5 N–H and O–H groups in total. The maximum Gasteiger partial charge on any atom is 1.00 e. The van der Waals surface area contributed by atoms with Gasteiger partial charge in [0.2, 0.25) is 5.76 Å². The summed E-state index contributed by atoms with van der Waals surface area (Å²) in [4.78, 5) is 50.7. The fourth-order valence-corrected chi connectivity index (χ4v) is 3.79. The first kappa shape index (κ1) is 59.7. The molecule has 2 atom stereocenters. The normalized spacial score (nSPS) is 13.7. The van der Waals surface area contributed by atoms with Gasteiger partial charge in [-0.15, -0.1) is 0 Å². The van der Waals surface area contributed by atoms with Crippen LogP contribution in [0.15, 0.2) is 11.5 Å². The Hall–Kier alpha value is 0.570. The molecule has 1 heterocycles. The molecule has 0 aromatic heterocycles. The van der Waals surface area contributed by atoms with Crippen molar-refractivity contribution in [2.24, 2.45) is 0 Å². The van der Waals surface area contributed by atoms with Crippen molar-refractivity contribution >= 4 is 29.8 Å². The van der Waals surface area contributed by atoms with Crippen LogP contribution in [-0.2, 0) is 28.7 Å². The van der Waals surface area contributed by atoms with Crippen molar-refractivity contribution in [1.82, 2.24) is 0 Å². The van der Waals surface area contributed by atoms with Crippen LogP contribution < -0.4 is 139 Å². The molecular weight excluding hydrogens is 668 g/mol. The van der Waals surface area contributed by atoms with Crippen molar-refractivity contribution in [2.45, 2.75) is 127 Å². The first-order valence-corrected chi connectivity index (χ1v) is 14.3. The van der Waals surface area contributed by atoms with E-state index >= 15 is 0 Å². The van der Waals surface area contributed by atoms with Gasteiger partial charge in [0.1, 0.15) is 11.7 Å². The van der Waals surface area contributed by atoms with E-state index in [2.05, 4.69) is 11.7 Å². The summed E-state index contributed by atoms with van der Waals surface area (Å²) in [5.74, 6) is -9.67. The number of carboxylic acid groups (broad SMARTS) is 4. The predicted molar refractivity (Wildman–Crippen MR) is 140 cm³/mol. The number of aliphatic carboxylic acids is 4. The number of carboxylic acids is 4. The zero-order valence-electron chi connectivity index (χ0n) is 28.5. The fourth-order valence-electron chi connectivity index (χ4n) is 3.79. The molecule has 0 saturated heterocycles. The van der Waals surface area contributed by atoms with Gasteiger partial charge >= 0.3 is 124 Å². The number of hydrogen-bond donors (Lipinski definition) is 5. The summed E-state index contributed by atoms with van der Waals surface area (Å²) in [6.45, 7) is 1.59. The van der Waals surface area contributed by atoms with E-state index in [1.165, 1.54) is 70.6 Å².